The molecule has 1 aromatic heterocycles. The number of aromatic nitrogens is 1. The molecule has 148 valence electrons. The molecule has 0 aromatic carbocycles. The molecule has 7 heteroatoms. The highest BCUT2D eigenvalue weighted by molar-refractivity contribution is 5.96. The van der Waals surface area contributed by atoms with Crippen molar-refractivity contribution in [2.45, 2.75) is 64.5 Å². The minimum absolute atomic E-state index is 0.00832. The van der Waals surface area contributed by atoms with Gasteiger partial charge in [-0.3, -0.25) is 9.59 Å². The number of nitrogens with zero attached hydrogens (tertiary/aromatic N) is 3. The zero-order chi connectivity index (χ0) is 19.0. The number of rotatable bonds is 2. The third kappa shape index (κ3) is 3.49. The second kappa shape index (κ2) is 7.62. The van der Waals surface area contributed by atoms with Gasteiger partial charge in [0.25, 0.3) is 5.91 Å². The molecule has 1 saturated carbocycles. The van der Waals surface area contributed by atoms with E-state index in [2.05, 4.69) is 5.16 Å². The highest BCUT2D eigenvalue weighted by atomic mass is 16.5. The van der Waals surface area contributed by atoms with Crippen LogP contribution in [-0.2, 0) is 9.53 Å². The standard InChI is InChI=1S/C20H29N3O4/c1-13-18(14(2)27-21-13)20(25)23-10-11-26-17-7-6-15(12-16(17)23)19(24)22-8-4-3-5-9-22/h15-17H,3-12H2,1-2H3/t15-,16+,17+/m0/s1. The number of hydrogen-bond acceptors (Lipinski definition) is 5. The van der Waals surface area contributed by atoms with E-state index < -0.39 is 0 Å². The van der Waals surface area contributed by atoms with E-state index in [1.807, 2.05) is 9.80 Å². The number of carbonyl (C=O) groups excluding carboxylic acids is 2. The van der Waals surface area contributed by atoms with Crippen LogP contribution in [0.5, 0.6) is 0 Å². The second-order valence-electron chi connectivity index (χ2n) is 8.07. The van der Waals surface area contributed by atoms with Crippen molar-refractivity contribution in [2.75, 3.05) is 26.2 Å². The predicted molar refractivity (Wildman–Crippen MR) is 98.3 cm³/mol. The van der Waals surface area contributed by atoms with Gasteiger partial charge in [0.15, 0.2) is 0 Å². The fourth-order valence-corrected chi connectivity index (χ4v) is 4.89. The first-order valence-corrected chi connectivity index (χ1v) is 10.2. The molecule has 0 radical (unpaired) electrons. The number of aryl methyl sites for hydroxylation is 2. The summed E-state index contributed by atoms with van der Waals surface area (Å²) in [4.78, 5) is 30.1. The molecule has 0 bridgehead atoms. The SMILES string of the molecule is Cc1noc(C)c1C(=O)N1CCO[C@@H]2CC[C@H](C(=O)N3CCCCC3)C[C@H]21. The summed E-state index contributed by atoms with van der Waals surface area (Å²) in [5.74, 6) is 0.766. The molecule has 3 heterocycles. The Morgan fingerprint density at radius 2 is 1.85 bits per heavy atom. The van der Waals surface area contributed by atoms with Gasteiger partial charge in [0, 0.05) is 25.6 Å². The first kappa shape index (κ1) is 18.5. The third-order valence-corrected chi connectivity index (χ3v) is 6.34. The lowest BCUT2D eigenvalue weighted by Crippen LogP contribution is -2.57. The lowest BCUT2D eigenvalue weighted by atomic mass is 9.81. The van der Waals surface area contributed by atoms with Gasteiger partial charge in [0.2, 0.25) is 5.91 Å². The van der Waals surface area contributed by atoms with Crippen LogP contribution in [0.3, 0.4) is 0 Å². The van der Waals surface area contributed by atoms with Crippen LogP contribution in [0, 0.1) is 19.8 Å². The summed E-state index contributed by atoms with van der Waals surface area (Å²) < 4.78 is 11.1. The Hall–Kier alpha value is -1.89. The summed E-state index contributed by atoms with van der Waals surface area (Å²) in [6.07, 6.45) is 5.81. The van der Waals surface area contributed by atoms with Crippen LogP contribution in [0.25, 0.3) is 0 Å². The van der Waals surface area contributed by atoms with E-state index in [-0.39, 0.29) is 29.9 Å². The molecule has 3 aliphatic rings. The van der Waals surface area contributed by atoms with Crippen molar-refractivity contribution in [3.05, 3.63) is 17.0 Å². The van der Waals surface area contributed by atoms with E-state index in [9.17, 15) is 9.59 Å². The maximum absolute atomic E-state index is 13.2. The Bertz CT molecular complexity index is 691. The smallest absolute Gasteiger partial charge is 0.259 e. The normalized spacial score (nSPS) is 28.7. The first-order chi connectivity index (χ1) is 13.1. The van der Waals surface area contributed by atoms with Crippen LogP contribution >= 0.6 is 0 Å². The Kier molecular flexibility index (Phi) is 5.21. The molecule has 2 aliphatic heterocycles. The molecule has 2 amide bonds. The van der Waals surface area contributed by atoms with Crippen LogP contribution in [0.4, 0.5) is 0 Å². The molecule has 7 nitrogen and oxygen atoms in total. The predicted octanol–water partition coefficient (Wildman–Crippen LogP) is 2.31. The van der Waals surface area contributed by atoms with Gasteiger partial charge in [0.1, 0.15) is 11.3 Å². The Balaban J connectivity index is 1.51. The van der Waals surface area contributed by atoms with E-state index >= 15 is 0 Å². The van der Waals surface area contributed by atoms with Crippen LogP contribution in [-0.4, -0.2) is 65.2 Å². The molecular formula is C20H29N3O4. The highest BCUT2D eigenvalue weighted by Gasteiger charge is 2.43. The summed E-state index contributed by atoms with van der Waals surface area (Å²) in [5, 5.41) is 3.93. The number of amides is 2. The lowest BCUT2D eigenvalue weighted by molar-refractivity contribution is -0.142. The van der Waals surface area contributed by atoms with Crippen molar-refractivity contribution >= 4 is 11.8 Å². The van der Waals surface area contributed by atoms with Crippen molar-refractivity contribution in [3.63, 3.8) is 0 Å². The molecule has 4 rings (SSSR count). The van der Waals surface area contributed by atoms with Gasteiger partial charge in [-0.05, 0) is 52.4 Å². The second-order valence-corrected chi connectivity index (χ2v) is 8.07. The fourth-order valence-electron chi connectivity index (χ4n) is 4.89. The van der Waals surface area contributed by atoms with Gasteiger partial charge in [-0.1, -0.05) is 5.16 Å². The van der Waals surface area contributed by atoms with Gasteiger partial charge in [-0.25, -0.2) is 0 Å². The molecule has 27 heavy (non-hydrogen) atoms. The van der Waals surface area contributed by atoms with Gasteiger partial charge in [-0.2, -0.15) is 0 Å². The Morgan fingerprint density at radius 3 is 2.56 bits per heavy atom. The van der Waals surface area contributed by atoms with E-state index in [0.29, 0.717) is 36.6 Å². The van der Waals surface area contributed by atoms with E-state index in [0.717, 1.165) is 38.8 Å². The summed E-state index contributed by atoms with van der Waals surface area (Å²) >= 11 is 0. The van der Waals surface area contributed by atoms with Crippen LogP contribution in [0.2, 0.25) is 0 Å². The molecule has 2 saturated heterocycles. The van der Waals surface area contributed by atoms with Crippen LogP contribution < -0.4 is 0 Å². The quantitative estimate of drug-likeness (QED) is 0.793. The summed E-state index contributed by atoms with van der Waals surface area (Å²) in [6.45, 7) is 6.42. The highest BCUT2D eigenvalue weighted by Crippen LogP contribution is 2.35. The largest absolute Gasteiger partial charge is 0.374 e. The zero-order valence-electron chi connectivity index (χ0n) is 16.3. The average Bonchev–Trinajstić information content (AvgIpc) is 3.05. The maximum Gasteiger partial charge on any atom is 0.259 e. The Morgan fingerprint density at radius 1 is 1.07 bits per heavy atom. The topological polar surface area (TPSA) is 75.9 Å². The molecule has 3 fully saturated rings. The third-order valence-electron chi connectivity index (χ3n) is 6.34. The van der Waals surface area contributed by atoms with E-state index in [1.54, 1.807) is 13.8 Å². The van der Waals surface area contributed by atoms with Crippen molar-refractivity contribution in [3.8, 4) is 0 Å². The van der Waals surface area contributed by atoms with Gasteiger partial charge < -0.3 is 19.1 Å². The molecular weight excluding hydrogens is 346 g/mol. The number of ether oxygens (including phenoxy) is 1. The number of morpholine rings is 1. The summed E-state index contributed by atoms with van der Waals surface area (Å²) in [6, 6.07) is -0.0487. The van der Waals surface area contributed by atoms with Crippen molar-refractivity contribution < 1.29 is 18.8 Å². The van der Waals surface area contributed by atoms with E-state index in [4.69, 9.17) is 9.26 Å². The Labute approximate surface area is 160 Å². The number of likely N-dealkylation sites (tertiary alicyclic amines) is 1. The number of carbonyl (C=O) groups is 2. The van der Waals surface area contributed by atoms with Crippen LogP contribution in [0.1, 0.15) is 60.3 Å². The fraction of sp³-hybridized carbons (Fsp3) is 0.750. The minimum atomic E-state index is -0.0487. The molecule has 1 aliphatic carbocycles. The lowest BCUT2D eigenvalue weighted by Gasteiger charge is -2.46. The summed E-state index contributed by atoms with van der Waals surface area (Å²) in [5.41, 5.74) is 1.18. The maximum atomic E-state index is 13.2. The number of piperidine rings is 1. The van der Waals surface area contributed by atoms with Crippen molar-refractivity contribution in [1.82, 2.24) is 15.0 Å². The zero-order valence-corrected chi connectivity index (χ0v) is 16.3. The van der Waals surface area contributed by atoms with Gasteiger partial charge >= 0.3 is 0 Å². The molecule has 0 N–H and O–H groups in total. The summed E-state index contributed by atoms with van der Waals surface area (Å²) in [7, 11) is 0. The number of hydrogen-bond donors (Lipinski definition) is 0. The van der Waals surface area contributed by atoms with Gasteiger partial charge in [-0.15, -0.1) is 0 Å². The minimum Gasteiger partial charge on any atom is -0.374 e. The van der Waals surface area contributed by atoms with Gasteiger partial charge in [0.05, 0.1) is 24.4 Å². The molecule has 3 atom stereocenters. The number of fused-ring (bicyclic) bond motifs is 1. The first-order valence-electron chi connectivity index (χ1n) is 10.2. The van der Waals surface area contributed by atoms with Crippen molar-refractivity contribution in [2.24, 2.45) is 5.92 Å². The van der Waals surface area contributed by atoms with Crippen molar-refractivity contribution in [1.29, 1.82) is 0 Å². The molecule has 1 aromatic rings. The average molecular weight is 375 g/mol. The van der Waals surface area contributed by atoms with E-state index in [1.165, 1.54) is 6.42 Å². The van der Waals surface area contributed by atoms with Crippen LogP contribution in [0.15, 0.2) is 4.52 Å². The molecule has 0 spiro atoms. The monoisotopic (exact) mass is 375 g/mol. The molecule has 0 unspecified atom stereocenters.